The summed E-state index contributed by atoms with van der Waals surface area (Å²) in [7, 11) is -3.99. The van der Waals surface area contributed by atoms with Crippen molar-refractivity contribution in [2.24, 2.45) is 0 Å². The first kappa shape index (κ1) is 18.0. The van der Waals surface area contributed by atoms with Crippen LogP contribution in [0, 0.1) is 11.6 Å². The molecular weight excluding hydrogens is 370 g/mol. The van der Waals surface area contributed by atoms with Crippen LogP contribution in [-0.2, 0) is 27.8 Å². The van der Waals surface area contributed by atoms with Gasteiger partial charge in [0, 0.05) is 30.9 Å². The molecule has 1 amide bonds. The van der Waals surface area contributed by atoms with Gasteiger partial charge in [-0.1, -0.05) is 0 Å². The van der Waals surface area contributed by atoms with Crippen LogP contribution in [0.4, 0.5) is 8.78 Å². The molecule has 5 nitrogen and oxygen atoms in total. The summed E-state index contributed by atoms with van der Waals surface area (Å²) in [6.45, 7) is 1.04. The van der Waals surface area contributed by atoms with Crippen molar-refractivity contribution in [3.63, 3.8) is 0 Å². The van der Waals surface area contributed by atoms with E-state index < -0.39 is 21.7 Å². The van der Waals surface area contributed by atoms with Crippen LogP contribution in [0.25, 0.3) is 0 Å². The Bertz CT molecular complexity index is 897. The molecule has 0 spiro atoms. The quantitative estimate of drug-likeness (QED) is 0.857. The van der Waals surface area contributed by atoms with Crippen molar-refractivity contribution in [1.82, 2.24) is 9.62 Å². The summed E-state index contributed by atoms with van der Waals surface area (Å²) in [6, 6.07) is 4.33. The lowest BCUT2D eigenvalue weighted by Gasteiger charge is -2.27. The van der Waals surface area contributed by atoms with Crippen molar-refractivity contribution in [2.75, 3.05) is 13.1 Å². The highest BCUT2D eigenvalue weighted by Crippen LogP contribution is 2.24. The van der Waals surface area contributed by atoms with Crippen molar-refractivity contribution in [1.29, 1.82) is 0 Å². The van der Waals surface area contributed by atoms with Gasteiger partial charge in [0.05, 0.1) is 4.90 Å². The Hall–Kier alpha value is -1.84. The highest BCUT2D eigenvalue weighted by atomic mass is 32.2. The number of hydrogen-bond acceptors (Lipinski definition) is 4. The second-order valence-electron chi connectivity index (χ2n) is 5.66. The lowest BCUT2D eigenvalue weighted by molar-refractivity contribution is -0.131. The van der Waals surface area contributed by atoms with E-state index in [2.05, 4.69) is 4.72 Å². The normalized spacial score (nSPS) is 14.4. The summed E-state index contributed by atoms with van der Waals surface area (Å²) in [5.41, 5.74) is 1.13. The molecule has 0 saturated heterocycles. The zero-order valence-corrected chi connectivity index (χ0v) is 14.8. The Balaban J connectivity index is 1.55. The van der Waals surface area contributed by atoms with Gasteiger partial charge < -0.3 is 4.90 Å². The van der Waals surface area contributed by atoms with Gasteiger partial charge in [-0.2, -0.15) is 0 Å². The largest absolute Gasteiger partial charge is 0.338 e. The number of benzene rings is 1. The number of nitrogens with one attached hydrogen (secondary N) is 1. The van der Waals surface area contributed by atoms with Crippen LogP contribution in [-0.4, -0.2) is 32.3 Å². The smallest absolute Gasteiger partial charge is 0.240 e. The van der Waals surface area contributed by atoms with E-state index >= 15 is 0 Å². The Kier molecular flexibility index (Phi) is 5.16. The molecule has 0 radical (unpaired) electrons. The average molecular weight is 386 g/mol. The predicted molar refractivity (Wildman–Crippen MR) is 89.6 cm³/mol. The maximum Gasteiger partial charge on any atom is 0.240 e. The van der Waals surface area contributed by atoms with E-state index in [1.807, 2.05) is 11.4 Å². The molecule has 0 unspecified atom stereocenters. The maximum absolute atomic E-state index is 13.2. The number of carbonyl (C=O) groups is 1. The first-order chi connectivity index (χ1) is 11.9. The summed E-state index contributed by atoms with van der Waals surface area (Å²) < 4.78 is 52.4. The molecule has 2 heterocycles. The molecule has 0 atom stereocenters. The Morgan fingerprint density at radius 1 is 1.24 bits per heavy atom. The predicted octanol–water partition coefficient (Wildman–Crippen LogP) is 2.28. The molecule has 0 aliphatic carbocycles. The fourth-order valence-corrected chi connectivity index (χ4v) is 4.57. The highest BCUT2D eigenvalue weighted by molar-refractivity contribution is 7.89. The van der Waals surface area contributed by atoms with Gasteiger partial charge in [0.1, 0.15) is 0 Å². The van der Waals surface area contributed by atoms with Gasteiger partial charge in [-0.05, 0) is 41.6 Å². The summed E-state index contributed by atoms with van der Waals surface area (Å²) in [6.07, 6.45) is 0.807. The molecule has 2 aromatic rings. The summed E-state index contributed by atoms with van der Waals surface area (Å²) in [5, 5.41) is 1.99. The third-order valence-electron chi connectivity index (χ3n) is 3.99. The van der Waals surface area contributed by atoms with Crippen molar-refractivity contribution in [3.05, 3.63) is 51.7 Å². The minimum Gasteiger partial charge on any atom is -0.338 e. The number of fused-ring (bicyclic) bond motifs is 1. The van der Waals surface area contributed by atoms with Crippen LogP contribution in [0.5, 0.6) is 0 Å². The van der Waals surface area contributed by atoms with Gasteiger partial charge in [0.25, 0.3) is 0 Å². The number of amides is 1. The van der Waals surface area contributed by atoms with E-state index in [0.717, 1.165) is 24.1 Å². The third kappa shape index (κ3) is 4.05. The molecule has 1 aliphatic heterocycles. The Morgan fingerprint density at radius 2 is 2.04 bits per heavy atom. The first-order valence-corrected chi connectivity index (χ1v) is 10.0. The number of hydrogen-bond donors (Lipinski definition) is 1. The van der Waals surface area contributed by atoms with E-state index in [-0.39, 0.29) is 23.8 Å². The average Bonchev–Trinajstić information content (AvgIpc) is 3.04. The molecule has 0 fully saturated rings. The number of rotatable bonds is 5. The minimum absolute atomic E-state index is 0.00236. The van der Waals surface area contributed by atoms with E-state index in [0.29, 0.717) is 19.2 Å². The molecule has 0 saturated carbocycles. The second-order valence-corrected chi connectivity index (χ2v) is 8.43. The number of thiophene rings is 1. The second kappa shape index (κ2) is 7.19. The summed E-state index contributed by atoms with van der Waals surface area (Å²) >= 11 is 1.67. The van der Waals surface area contributed by atoms with Crippen molar-refractivity contribution < 1.29 is 22.0 Å². The summed E-state index contributed by atoms with van der Waals surface area (Å²) in [4.78, 5) is 14.8. The third-order valence-corrected chi connectivity index (χ3v) is 6.47. The van der Waals surface area contributed by atoms with Crippen LogP contribution in [0.15, 0.2) is 34.5 Å². The van der Waals surface area contributed by atoms with Crippen LogP contribution in [0.1, 0.15) is 16.9 Å². The number of sulfonamides is 1. The molecule has 9 heteroatoms. The molecule has 3 rings (SSSR count). The fraction of sp³-hybridized carbons (Fsp3) is 0.312. The molecule has 0 bridgehead atoms. The summed E-state index contributed by atoms with van der Waals surface area (Å²) in [5.74, 6) is -2.50. The van der Waals surface area contributed by atoms with Crippen LogP contribution < -0.4 is 4.72 Å². The zero-order chi connectivity index (χ0) is 18.0. The molecule has 1 N–H and O–H groups in total. The number of carbonyl (C=O) groups excluding carboxylic acids is 1. The lowest BCUT2D eigenvalue weighted by atomic mass is 10.1. The van der Waals surface area contributed by atoms with E-state index in [9.17, 15) is 22.0 Å². The highest BCUT2D eigenvalue weighted by Gasteiger charge is 2.22. The minimum atomic E-state index is -3.99. The Labute approximate surface area is 148 Å². The van der Waals surface area contributed by atoms with Crippen LogP contribution in [0.2, 0.25) is 0 Å². The molecular formula is C16H16F2N2O3S2. The monoisotopic (exact) mass is 386 g/mol. The fourth-order valence-electron chi connectivity index (χ4n) is 2.64. The van der Waals surface area contributed by atoms with E-state index in [4.69, 9.17) is 0 Å². The van der Waals surface area contributed by atoms with E-state index in [1.165, 1.54) is 4.88 Å². The molecule has 25 heavy (non-hydrogen) atoms. The Morgan fingerprint density at radius 3 is 2.80 bits per heavy atom. The molecule has 134 valence electrons. The number of halogens is 2. The maximum atomic E-state index is 13.2. The van der Waals surface area contributed by atoms with Crippen LogP contribution >= 0.6 is 11.3 Å². The SMILES string of the molecule is O=C(CCNS(=O)(=O)c1ccc(F)c(F)c1)N1CCc2sccc2C1. The van der Waals surface area contributed by atoms with Crippen LogP contribution in [0.3, 0.4) is 0 Å². The zero-order valence-electron chi connectivity index (χ0n) is 13.2. The van der Waals surface area contributed by atoms with Gasteiger partial charge in [-0.15, -0.1) is 11.3 Å². The van der Waals surface area contributed by atoms with Crippen molar-refractivity contribution in [2.45, 2.75) is 24.3 Å². The van der Waals surface area contributed by atoms with E-state index in [1.54, 1.807) is 16.2 Å². The van der Waals surface area contributed by atoms with Gasteiger partial charge in [-0.3, -0.25) is 4.79 Å². The van der Waals surface area contributed by atoms with Crippen molar-refractivity contribution in [3.8, 4) is 0 Å². The van der Waals surface area contributed by atoms with Gasteiger partial charge >= 0.3 is 0 Å². The van der Waals surface area contributed by atoms with Gasteiger partial charge in [0.15, 0.2) is 11.6 Å². The standard InChI is InChI=1S/C16H16F2N2O3S2/c17-13-2-1-12(9-14(13)18)25(22,23)19-6-3-16(21)20-7-4-15-11(10-20)5-8-24-15/h1-2,5,8-9,19H,3-4,6-7,10H2. The lowest BCUT2D eigenvalue weighted by Crippen LogP contribution is -2.37. The number of nitrogens with zero attached hydrogens (tertiary/aromatic N) is 1. The van der Waals surface area contributed by atoms with Crippen molar-refractivity contribution >= 4 is 27.3 Å². The van der Waals surface area contributed by atoms with Gasteiger partial charge in [0.2, 0.25) is 15.9 Å². The molecule has 1 aromatic carbocycles. The molecule has 1 aromatic heterocycles. The van der Waals surface area contributed by atoms with Gasteiger partial charge in [-0.25, -0.2) is 21.9 Å². The molecule has 1 aliphatic rings. The first-order valence-electron chi connectivity index (χ1n) is 7.64. The topological polar surface area (TPSA) is 66.5 Å².